The molecule has 0 atom stereocenters. The first kappa shape index (κ1) is 24.2. The van der Waals surface area contributed by atoms with Crippen LogP contribution in [0.2, 0.25) is 0 Å². The maximum atomic E-state index is 10.9. The topological polar surface area (TPSA) is 143 Å². The van der Waals surface area contributed by atoms with Gasteiger partial charge in [-0.3, -0.25) is 14.8 Å². The fraction of sp³-hybridized carbons (Fsp3) is 0.360. The molecule has 4 N–H and O–H groups in total. The Kier molecular flexibility index (Phi) is 7.61. The van der Waals surface area contributed by atoms with Crippen molar-refractivity contribution in [3.63, 3.8) is 0 Å². The first-order chi connectivity index (χ1) is 16.9. The lowest BCUT2D eigenvalue weighted by molar-refractivity contribution is -0.147. The van der Waals surface area contributed by atoms with Gasteiger partial charge in [0.2, 0.25) is 0 Å². The van der Waals surface area contributed by atoms with E-state index in [1.54, 1.807) is 18.6 Å². The summed E-state index contributed by atoms with van der Waals surface area (Å²) >= 11 is 0. The van der Waals surface area contributed by atoms with E-state index in [1.165, 1.54) is 6.20 Å². The van der Waals surface area contributed by atoms with Crippen LogP contribution in [0.4, 0.5) is 11.6 Å². The van der Waals surface area contributed by atoms with Crippen molar-refractivity contribution in [2.24, 2.45) is 16.6 Å². The number of aliphatic imine (C=N–C) groups is 1. The minimum atomic E-state index is -0.715. The summed E-state index contributed by atoms with van der Waals surface area (Å²) in [5.74, 6) is 0.694. The number of nitrogens with two attached hydrogens (primary N) is 1. The molecule has 3 aromatic rings. The van der Waals surface area contributed by atoms with Gasteiger partial charge in [0.15, 0.2) is 5.82 Å². The van der Waals surface area contributed by atoms with E-state index in [0.717, 1.165) is 40.7 Å². The highest BCUT2D eigenvalue weighted by Gasteiger charge is 2.31. The van der Waals surface area contributed by atoms with Gasteiger partial charge in [-0.1, -0.05) is 13.8 Å². The largest absolute Gasteiger partial charge is 0.481 e. The Hall–Kier alpha value is -3.92. The molecule has 1 fully saturated rings. The van der Waals surface area contributed by atoms with Crippen LogP contribution >= 0.6 is 0 Å². The Bertz CT molecular complexity index is 1250. The number of aliphatic carboxylic acids is 1. The zero-order valence-electron chi connectivity index (χ0n) is 19.9. The van der Waals surface area contributed by atoms with E-state index >= 15 is 0 Å². The minimum Gasteiger partial charge on any atom is -0.481 e. The molecule has 0 radical (unpaired) electrons. The smallest absolute Gasteiger partial charge is 0.309 e. The highest BCUT2D eigenvalue weighted by molar-refractivity contribution is 6.10. The van der Waals surface area contributed by atoms with Crippen molar-refractivity contribution < 1.29 is 9.90 Å². The second kappa shape index (κ2) is 11.0. The molecule has 4 rings (SSSR count). The van der Waals surface area contributed by atoms with Crippen LogP contribution in [0, 0.1) is 5.92 Å². The van der Waals surface area contributed by atoms with E-state index in [-0.39, 0.29) is 5.92 Å². The third-order valence-electron chi connectivity index (χ3n) is 5.95. The quantitative estimate of drug-likeness (QED) is 0.298. The average Bonchev–Trinajstić information content (AvgIpc) is 2.82. The summed E-state index contributed by atoms with van der Waals surface area (Å²) in [6.07, 6.45) is 7.63. The van der Waals surface area contributed by atoms with E-state index in [2.05, 4.69) is 49.2 Å². The fourth-order valence-electron chi connectivity index (χ4n) is 3.79. The summed E-state index contributed by atoms with van der Waals surface area (Å²) in [7, 11) is 0. The molecule has 10 nitrogen and oxygen atoms in total. The summed E-state index contributed by atoms with van der Waals surface area (Å²) in [6.45, 7) is 6.93. The third-order valence-corrected chi connectivity index (χ3v) is 5.95. The number of hydrogen-bond acceptors (Lipinski definition) is 9. The number of hydrogen-bond donors (Lipinski definition) is 3. The second-order valence-electron chi connectivity index (χ2n) is 8.92. The minimum absolute atomic E-state index is 0.229. The van der Waals surface area contributed by atoms with Crippen molar-refractivity contribution in [1.82, 2.24) is 25.1 Å². The molecule has 182 valence electrons. The van der Waals surface area contributed by atoms with Crippen LogP contribution in [-0.2, 0) is 4.79 Å². The van der Waals surface area contributed by atoms with Crippen molar-refractivity contribution in [3.05, 3.63) is 54.0 Å². The first-order valence-corrected chi connectivity index (χ1v) is 11.7. The van der Waals surface area contributed by atoms with Gasteiger partial charge in [0.1, 0.15) is 5.82 Å². The lowest BCUT2D eigenvalue weighted by atomic mass is 10.0. The summed E-state index contributed by atoms with van der Waals surface area (Å²) in [5, 5.41) is 20.4. The zero-order valence-corrected chi connectivity index (χ0v) is 19.9. The molecule has 3 aromatic heterocycles. The Labute approximate surface area is 204 Å². The van der Waals surface area contributed by atoms with Crippen molar-refractivity contribution in [3.8, 4) is 0 Å². The molecule has 35 heavy (non-hydrogen) atoms. The monoisotopic (exact) mass is 474 g/mol. The average molecular weight is 475 g/mol. The number of anilines is 2. The van der Waals surface area contributed by atoms with Crippen molar-refractivity contribution in [2.75, 3.05) is 31.5 Å². The molecule has 1 saturated heterocycles. The zero-order chi connectivity index (χ0) is 24.8. The maximum Gasteiger partial charge on any atom is 0.309 e. The Morgan fingerprint density at radius 1 is 1.26 bits per heavy atom. The van der Waals surface area contributed by atoms with Crippen LogP contribution < -0.4 is 11.1 Å². The number of carbonyl (C=O) groups is 1. The molecule has 10 heteroatoms. The molecule has 0 amide bonds. The van der Waals surface area contributed by atoms with Gasteiger partial charge >= 0.3 is 5.97 Å². The highest BCUT2D eigenvalue weighted by atomic mass is 16.4. The van der Waals surface area contributed by atoms with E-state index in [9.17, 15) is 4.79 Å². The van der Waals surface area contributed by atoms with Crippen LogP contribution in [0.5, 0.6) is 0 Å². The molecule has 0 bridgehead atoms. The van der Waals surface area contributed by atoms with E-state index in [1.807, 2.05) is 24.3 Å². The summed E-state index contributed by atoms with van der Waals surface area (Å²) in [6, 6.07) is 7.66. The predicted molar refractivity (Wildman–Crippen MR) is 137 cm³/mol. The molecule has 0 aromatic carbocycles. The Balaban J connectivity index is 1.38. The first-order valence-electron chi connectivity index (χ1n) is 11.7. The van der Waals surface area contributed by atoms with Gasteiger partial charge in [-0.15, -0.1) is 5.10 Å². The van der Waals surface area contributed by atoms with Crippen LogP contribution in [-0.4, -0.2) is 68.5 Å². The number of nitrogens with one attached hydrogen (secondary N) is 1. The molecule has 0 unspecified atom stereocenters. The van der Waals surface area contributed by atoms with E-state index in [4.69, 9.17) is 10.8 Å². The number of pyridine rings is 2. The van der Waals surface area contributed by atoms with Crippen molar-refractivity contribution in [2.45, 2.75) is 26.2 Å². The Morgan fingerprint density at radius 2 is 2.09 bits per heavy atom. The summed E-state index contributed by atoms with van der Waals surface area (Å²) < 4.78 is 0. The number of aromatic nitrogens is 4. The SMILES string of the molecule is CC(C)c1cnnc(Nc2ccc3ncc(C(C=NCCCN4CC(C(=O)O)C4)=CN)cc3n2)c1. The van der Waals surface area contributed by atoms with Gasteiger partial charge in [0.25, 0.3) is 0 Å². The highest BCUT2D eigenvalue weighted by Crippen LogP contribution is 2.22. The molecular weight excluding hydrogens is 444 g/mol. The second-order valence-corrected chi connectivity index (χ2v) is 8.92. The van der Waals surface area contributed by atoms with Gasteiger partial charge in [-0.05, 0) is 48.7 Å². The predicted octanol–water partition coefficient (Wildman–Crippen LogP) is 3.06. The molecule has 4 heterocycles. The van der Waals surface area contributed by atoms with Crippen LogP contribution in [0.25, 0.3) is 16.6 Å². The number of rotatable bonds is 10. The van der Waals surface area contributed by atoms with Crippen LogP contribution in [0.15, 0.2) is 47.9 Å². The van der Waals surface area contributed by atoms with Gasteiger partial charge < -0.3 is 21.1 Å². The molecular formula is C25H30N8O2. The molecule has 1 aliphatic rings. The number of fused-ring (bicyclic) bond motifs is 1. The van der Waals surface area contributed by atoms with Crippen LogP contribution in [0.3, 0.4) is 0 Å². The summed E-state index contributed by atoms with van der Waals surface area (Å²) in [4.78, 5) is 26.7. The lowest BCUT2D eigenvalue weighted by Gasteiger charge is -2.36. The van der Waals surface area contributed by atoms with Gasteiger partial charge in [0.05, 0.1) is 23.1 Å². The van der Waals surface area contributed by atoms with Gasteiger partial charge in [0, 0.05) is 49.4 Å². The molecule has 0 saturated carbocycles. The molecule has 1 aliphatic heterocycles. The lowest BCUT2D eigenvalue weighted by Crippen LogP contribution is -2.50. The standard InChI is InChI=1S/C25H30N8O2/c1-16(2)17-9-24(32-29-13-17)31-23-5-4-21-22(30-23)8-18(12-28-21)19(10-26)11-27-6-3-7-33-14-20(15-33)25(34)35/h4-5,8-13,16,20H,3,6-7,14-15,26H2,1-2H3,(H,34,35)(H,30,31,32). The summed E-state index contributed by atoms with van der Waals surface area (Å²) in [5.41, 5.74) is 10.0. The molecule has 0 spiro atoms. The fourth-order valence-corrected chi connectivity index (χ4v) is 3.79. The van der Waals surface area contributed by atoms with Crippen LogP contribution in [0.1, 0.15) is 37.3 Å². The van der Waals surface area contributed by atoms with Crippen molar-refractivity contribution in [1.29, 1.82) is 0 Å². The van der Waals surface area contributed by atoms with Gasteiger partial charge in [-0.25, -0.2) is 4.98 Å². The van der Waals surface area contributed by atoms with E-state index in [0.29, 0.717) is 37.2 Å². The number of likely N-dealkylation sites (tertiary alicyclic amines) is 1. The number of carboxylic acids is 1. The number of nitrogens with zero attached hydrogens (tertiary/aromatic N) is 6. The van der Waals surface area contributed by atoms with E-state index < -0.39 is 5.97 Å². The maximum absolute atomic E-state index is 10.9. The van der Waals surface area contributed by atoms with Gasteiger partial charge in [-0.2, -0.15) is 5.10 Å². The van der Waals surface area contributed by atoms with Crippen molar-refractivity contribution >= 4 is 40.4 Å². The molecule has 0 aliphatic carbocycles. The number of allylic oxidation sites excluding steroid dienone is 1. The Morgan fingerprint density at radius 3 is 2.83 bits per heavy atom. The third kappa shape index (κ3) is 6.15. The normalized spacial score (nSPS) is 15.1. The number of carboxylic acid groups (broad SMARTS) is 1.